The Balaban J connectivity index is 1.65. The maximum atomic E-state index is 14.0. The summed E-state index contributed by atoms with van der Waals surface area (Å²) < 4.78 is 58.8. The second-order valence-electron chi connectivity index (χ2n) is 7.18. The van der Waals surface area contributed by atoms with Gasteiger partial charge in [0.05, 0.1) is 34.0 Å². The van der Waals surface area contributed by atoms with Crippen molar-refractivity contribution in [2.45, 2.75) is 15.5 Å². The first kappa shape index (κ1) is 22.8. The van der Waals surface area contributed by atoms with Crippen LogP contribution in [0.3, 0.4) is 0 Å². The van der Waals surface area contributed by atoms with Gasteiger partial charge in [-0.25, -0.2) is 17.2 Å². The minimum atomic E-state index is -4.05. The predicted molar refractivity (Wildman–Crippen MR) is 124 cm³/mol. The van der Waals surface area contributed by atoms with Gasteiger partial charge in [-0.2, -0.15) is 0 Å². The molecule has 0 saturated heterocycles. The van der Waals surface area contributed by atoms with E-state index in [1.807, 2.05) is 0 Å². The van der Waals surface area contributed by atoms with E-state index in [9.17, 15) is 22.0 Å². The Morgan fingerprint density at radius 2 is 1.82 bits per heavy atom. The number of sulfone groups is 1. The minimum absolute atomic E-state index is 0.111. The van der Waals surface area contributed by atoms with Gasteiger partial charge >= 0.3 is 0 Å². The molecule has 1 amide bonds. The summed E-state index contributed by atoms with van der Waals surface area (Å²) in [4.78, 5) is 13.2. The Labute approximate surface area is 193 Å². The summed E-state index contributed by atoms with van der Waals surface area (Å²) in [5, 5.41) is 2.72. The topological polar surface area (TPSA) is 98.5 Å². The second-order valence-corrected chi connectivity index (χ2v) is 10.3. The number of hydrogen-bond donors (Lipinski definition) is 2. The molecule has 0 aromatic heterocycles. The van der Waals surface area contributed by atoms with Gasteiger partial charge in [0.2, 0.25) is 0 Å². The van der Waals surface area contributed by atoms with Crippen molar-refractivity contribution in [2.75, 3.05) is 18.2 Å². The number of thioether (sulfide) groups is 1. The number of nitrogens with one attached hydrogen (secondary N) is 1. The minimum Gasteiger partial charge on any atom is -0.495 e. The monoisotopic (exact) mass is 488 g/mol. The average Bonchev–Trinajstić information content (AvgIpc) is 2.77. The van der Waals surface area contributed by atoms with Gasteiger partial charge in [-0.15, -0.1) is 0 Å². The van der Waals surface area contributed by atoms with E-state index in [2.05, 4.69) is 5.32 Å². The summed E-state index contributed by atoms with van der Waals surface area (Å²) in [5.41, 5.74) is 6.90. The molecule has 0 aliphatic carbocycles. The molecule has 6 nitrogen and oxygen atoms in total. The third kappa shape index (κ3) is 4.71. The third-order valence-corrected chi connectivity index (χ3v) is 7.67. The number of methoxy groups -OCH3 is 1. The zero-order chi connectivity index (χ0) is 23.8. The van der Waals surface area contributed by atoms with Crippen molar-refractivity contribution in [2.24, 2.45) is 0 Å². The van der Waals surface area contributed by atoms with Crippen LogP contribution in [0.5, 0.6) is 5.75 Å². The zero-order valence-corrected chi connectivity index (χ0v) is 18.9. The number of fused-ring (bicyclic) bond motifs is 1. The van der Waals surface area contributed by atoms with Gasteiger partial charge in [-0.1, -0.05) is 23.9 Å². The first-order valence-electron chi connectivity index (χ1n) is 9.62. The number of anilines is 2. The van der Waals surface area contributed by atoms with Crippen LogP contribution in [0, 0.1) is 11.6 Å². The van der Waals surface area contributed by atoms with Crippen LogP contribution in [0.2, 0.25) is 0 Å². The third-order valence-electron chi connectivity index (χ3n) is 4.95. The first-order chi connectivity index (χ1) is 15.7. The average molecular weight is 489 g/mol. The SMILES string of the molecule is COc1ccc(/C=C2\Sc3cc(S(=O)(=O)Cc4c(F)cccc4F)ccc3NC2=O)cc1N. The molecule has 1 aliphatic heterocycles. The van der Waals surface area contributed by atoms with Crippen molar-refractivity contribution >= 4 is 45.0 Å². The summed E-state index contributed by atoms with van der Waals surface area (Å²) in [5.74, 6) is -2.53. The number of halogens is 2. The van der Waals surface area contributed by atoms with Crippen LogP contribution in [0.1, 0.15) is 11.1 Å². The molecule has 0 fully saturated rings. The van der Waals surface area contributed by atoms with Crippen LogP contribution >= 0.6 is 11.8 Å². The highest BCUT2D eigenvalue weighted by molar-refractivity contribution is 8.04. The van der Waals surface area contributed by atoms with Gasteiger partial charge in [-0.3, -0.25) is 4.79 Å². The van der Waals surface area contributed by atoms with E-state index in [4.69, 9.17) is 10.5 Å². The van der Waals surface area contributed by atoms with E-state index >= 15 is 0 Å². The number of carbonyl (C=O) groups excluding carboxylic acids is 1. The van der Waals surface area contributed by atoms with E-state index in [-0.39, 0.29) is 10.8 Å². The number of benzene rings is 3. The number of nitrogen functional groups attached to an aromatic ring is 1. The summed E-state index contributed by atoms with van der Waals surface area (Å²) in [6, 6.07) is 12.4. The van der Waals surface area contributed by atoms with Crippen molar-refractivity contribution in [3.8, 4) is 5.75 Å². The molecule has 0 spiro atoms. The largest absolute Gasteiger partial charge is 0.495 e. The first-order valence-corrected chi connectivity index (χ1v) is 12.1. The van der Waals surface area contributed by atoms with Gasteiger partial charge in [-0.05, 0) is 54.1 Å². The van der Waals surface area contributed by atoms with Crippen molar-refractivity contribution < 1.29 is 26.7 Å². The molecular formula is C23H18F2N2O4S2. The molecule has 4 rings (SSSR count). The quantitative estimate of drug-likeness (QED) is 0.402. The molecule has 0 saturated carbocycles. The standard InChI is InChI=1S/C23H18F2N2O4S2/c1-31-20-8-5-13(9-18(20)26)10-22-23(28)27-19-7-6-14(11-21(19)32-22)33(29,30)12-15-16(24)3-2-4-17(15)25/h2-11H,12,26H2,1H3,(H,27,28)/b22-10-. The fourth-order valence-electron chi connectivity index (χ4n) is 3.27. The summed E-state index contributed by atoms with van der Waals surface area (Å²) in [7, 11) is -2.55. The number of ether oxygens (including phenoxy) is 1. The lowest BCUT2D eigenvalue weighted by molar-refractivity contribution is -0.112. The van der Waals surface area contributed by atoms with Crippen molar-refractivity contribution in [1.82, 2.24) is 0 Å². The molecule has 3 aromatic carbocycles. The van der Waals surface area contributed by atoms with Crippen molar-refractivity contribution in [1.29, 1.82) is 0 Å². The number of amides is 1. The lowest BCUT2D eigenvalue weighted by Gasteiger charge is -2.19. The smallest absolute Gasteiger partial charge is 0.262 e. The Morgan fingerprint density at radius 1 is 1.09 bits per heavy atom. The van der Waals surface area contributed by atoms with Crippen molar-refractivity contribution in [3.05, 3.63) is 82.3 Å². The molecule has 3 aromatic rings. The molecule has 0 atom stereocenters. The van der Waals surface area contributed by atoms with Gasteiger partial charge < -0.3 is 15.8 Å². The number of carbonyl (C=O) groups is 1. The van der Waals surface area contributed by atoms with Gasteiger partial charge in [0.25, 0.3) is 5.91 Å². The van der Waals surface area contributed by atoms with Crippen LogP contribution in [0.4, 0.5) is 20.2 Å². The highest BCUT2D eigenvalue weighted by Crippen LogP contribution is 2.40. The number of hydrogen-bond acceptors (Lipinski definition) is 6. The van der Waals surface area contributed by atoms with Gasteiger partial charge in [0.1, 0.15) is 17.4 Å². The second kappa shape index (κ2) is 8.87. The zero-order valence-electron chi connectivity index (χ0n) is 17.3. The molecular weight excluding hydrogens is 470 g/mol. The molecule has 10 heteroatoms. The highest BCUT2D eigenvalue weighted by Gasteiger charge is 2.25. The van der Waals surface area contributed by atoms with E-state index < -0.39 is 32.8 Å². The van der Waals surface area contributed by atoms with E-state index in [0.29, 0.717) is 32.5 Å². The molecule has 0 bridgehead atoms. The summed E-state index contributed by atoms with van der Waals surface area (Å²) >= 11 is 1.08. The lowest BCUT2D eigenvalue weighted by atomic mass is 10.1. The molecule has 1 aliphatic rings. The van der Waals surface area contributed by atoms with Crippen LogP contribution in [0.15, 0.2) is 69.3 Å². The molecule has 1 heterocycles. The Kier molecular flexibility index (Phi) is 6.13. The fourth-order valence-corrected chi connectivity index (χ4v) is 5.73. The van der Waals surface area contributed by atoms with Gasteiger partial charge in [0, 0.05) is 10.5 Å². The van der Waals surface area contributed by atoms with Crippen LogP contribution < -0.4 is 15.8 Å². The highest BCUT2D eigenvalue weighted by atomic mass is 32.2. The predicted octanol–water partition coefficient (Wildman–Crippen LogP) is 4.61. The summed E-state index contributed by atoms with van der Waals surface area (Å²) in [6.07, 6.45) is 1.62. The van der Waals surface area contributed by atoms with Gasteiger partial charge in [0.15, 0.2) is 9.84 Å². The normalized spacial score (nSPS) is 14.6. The Morgan fingerprint density at radius 3 is 2.48 bits per heavy atom. The molecule has 0 radical (unpaired) electrons. The Bertz CT molecular complexity index is 1390. The molecule has 3 N–H and O–H groups in total. The van der Waals surface area contributed by atoms with E-state index in [0.717, 1.165) is 23.9 Å². The summed E-state index contributed by atoms with van der Waals surface area (Å²) in [6.45, 7) is 0. The lowest BCUT2D eigenvalue weighted by Crippen LogP contribution is -2.18. The molecule has 170 valence electrons. The molecule has 0 unspecified atom stereocenters. The van der Waals surface area contributed by atoms with Crippen molar-refractivity contribution in [3.63, 3.8) is 0 Å². The molecule has 33 heavy (non-hydrogen) atoms. The van der Waals surface area contributed by atoms with E-state index in [1.54, 1.807) is 24.3 Å². The van der Waals surface area contributed by atoms with Crippen LogP contribution in [-0.4, -0.2) is 21.4 Å². The maximum Gasteiger partial charge on any atom is 0.262 e. The van der Waals surface area contributed by atoms with Crippen LogP contribution in [0.25, 0.3) is 6.08 Å². The Hall–Kier alpha value is -3.37. The van der Waals surface area contributed by atoms with Crippen LogP contribution in [-0.2, 0) is 20.4 Å². The maximum absolute atomic E-state index is 14.0. The number of nitrogens with two attached hydrogens (primary N) is 1. The van der Waals surface area contributed by atoms with E-state index in [1.165, 1.54) is 31.4 Å². The number of rotatable bonds is 5. The fraction of sp³-hybridized carbons (Fsp3) is 0.0870.